The van der Waals surface area contributed by atoms with E-state index in [9.17, 15) is 9.59 Å². The summed E-state index contributed by atoms with van der Waals surface area (Å²) < 4.78 is 11.4. The Labute approximate surface area is 153 Å². The van der Waals surface area contributed by atoms with Crippen LogP contribution < -0.4 is 5.32 Å². The number of furan rings is 1. The third-order valence-electron chi connectivity index (χ3n) is 3.62. The zero-order chi connectivity index (χ0) is 17.8. The number of hydrogen-bond acceptors (Lipinski definition) is 4. The number of carbonyl (C=O) groups is 2. The minimum Gasteiger partial charge on any atom is -0.464 e. The molecule has 0 bridgehead atoms. The fraction of sp³-hybridized carbons (Fsp3) is 0.158. The number of esters is 1. The number of nitrogens with one attached hydrogen (secondary N) is 1. The van der Waals surface area contributed by atoms with Gasteiger partial charge < -0.3 is 14.5 Å². The summed E-state index contributed by atoms with van der Waals surface area (Å²) in [5, 5.41) is 3.54. The molecule has 1 heterocycles. The molecule has 1 aromatic heterocycles. The molecule has 6 heteroatoms. The molecule has 0 spiro atoms. The van der Waals surface area contributed by atoms with E-state index in [4.69, 9.17) is 9.15 Å². The van der Waals surface area contributed by atoms with Crippen molar-refractivity contribution in [1.29, 1.82) is 0 Å². The Morgan fingerprint density at radius 1 is 1.20 bits per heavy atom. The van der Waals surface area contributed by atoms with Gasteiger partial charge in [0.25, 0.3) is 5.91 Å². The van der Waals surface area contributed by atoms with Crippen molar-refractivity contribution in [1.82, 2.24) is 0 Å². The molecular weight excluding hydrogens is 386 g/mol. The van der Waals surface area contributed by atoms with E-state index < -0.39 is 5.97 Å². The molecule has 0 saturated carbocycles. The monoisotopic (exact) mass is 401 g/mol. The summed E-state index contributed by atoms with van der Waals surface area (Å²) >= 11 is 3.33. The SMILES string of the molecule is Cc1ccc2c(CC(=O)OCC(=O)Nc3cccc(Br)c3)coc2c1. The number of fused-ring (bicyclic) bond motifs is 1. The van der Waals surface area contributed by atoms with Gasteiger partial charge in [-0.15, -0.1) is 0 Å². The number of rotatable bonds is 5. The predicted molar refractivity (Wildman–Crippen MR) is 98.4 cm³/mol. The second-order valence-corrected chi connectivity index (χ2v) is 6.57. The van der Waals surface area contributed by atoms with Crippen LogP contribution in [0.3, 0.4) is 0 Å². The van der Waals surface area contributed by atoms with E-state index in [1.807, 2.05) is 31.2 Å². The first kappa shape index (κ1) is 17.2. The molecule has 0 radical (unpaired) electrons. The van der Waals surface area contributed by atoms with E-state index in [-0.39, 0.29) is 18.9 Å². The minimum absolute atomic E-state index is 0.0558. The normalized spacial score (nSPS) is 10.6. The van der Waals surface area contributed by atoms with E-state index >= 15 is 0 Å². The van der Waals surface area contributed by atoms with Gasteiger partial charge in [-0.3, -0.25) is 9.59 Å². The quantitative estimate of drug-likeness (QED) is 0.649. The van der Waals surface area contributed by atoms with Gasteiger partial charge in [0.2, 0.25) is 0 Å². The molecule has 3 rings (SSSR count). The summed E-state index contributed by atoms with van der Waals surface area (Å²) in [5.41, 5.74) is 3.19. The maximum absolute atomic E-state index is 12.0. The van der Waals surface area contributed by atoms with Crippen molar-refractivity contribution in [3.8, 4) is 0 Å². The number of amides is 1. The van der Waals surface area contributed by atoms with E-state index in [0.29, 0.717) is 5.69 Å². The van der Waals surface area contributed by atoms with Gasteiger partial charge in [0.05, 0.1) is 12.7 Å². The van der Waals surface area contributed by atoms with Crippen molar-refractivity contribution >= 4 is 44.5 Å². The van der Waals surface area contributed by atoms with Gasteiger partial charge in [-0.25, -0.2) is 0 Å². The Balaban J connectivity index is 1.54. The van der Waals surface area contributed by atoms with Crippen molar-refractivity contribution in [3.05, 3.63) is 64.3 Å². The van der Waals surface area contributed by atoms with Crippen LogP contribution in [0.4, 0.5) is 5.69 Å². The fourth-order valence-electron chi connectivity index (χ4n) is 2.44. The molecule has 2 aromatic carbocycles. The lowest BCUT2D eigenvalue weighted by atomic mass is 10.1. The van der Waals surface area contributed by atoms with Crippen LogP contribution in [0.15, 0.2) is 57.6 Å². The summed E-state index contributed by atoms with van der Waals surface area (Å²) in [6, 6.07) is 13.0. The van der Waals surface area contributed by atoms with Gasteiger partial charge in [-0.2, -0.15) is 0 Å². The lowest BCUT2D eigenvalue weighted by Gasteiger charge is -2.06. The zero-order valence-electron chi connectivity index (χ0n) is 13.5. The molecule has 0 aliphatic heterocycles. The van der Waals surface area contributed by atoms with E-state index in [0.717, 1.165) is 26.6 Å². The van der Waals surface area contributed by atoms with Gasteiger partial charge in [0.15, 0.2) is 6.61 Å². The molecule has 1 N–H and O–H groups in total. The van der Waals surface area contributed by atoms with E-state index in [1.54, 1.807) is 24.5 Å². The summed E-state index contributed by atoms with van der Waals surface area (Å²) in [4.78, 5) is 23.8. The Bertz CT molecular complexity index is 932. The van der Waals surface area contributed by atoms with Crippen LogP contribution in [0, 0.1) is 6.92 Å². The smallest absolute Gasteiger partial charge is 0.310 e. The third kappa shape index (κ3) is 4.48. The van der Waals surface area contributed by atoms with Crippen molar-refractivity contribution in [2.75, 3.05) is 11.9 Å². The van der Waals surface area contributed by atoms with Crippen molar-refractivity contribution < 1.29 is 18.7 Å². The first-order valence-corrected chi connectivity index (χ1v) is 8.48. The van der Waals surface area contributed by atoms with Crippen molar-refractivity contribution in [2.24, 2.45) is 0 Å². The molecule has 5 nitrogen and oxygen atoms in total. The lowest BCUT2D eigenvalue weighted by molar-refractivity contribution is -0.146. The zero-order valence-corrected chi connectivity index (χ0v) is 15.1. The largest absolute Gasteiger partial charge is 0.464 e. The molecular formula is C19H16BrNO4. The molecule has 0 aliphatic rings. The Morgan fingerprint density at radius 2 is 2.04 bits per heavy atom. The highest BCUT2D eigenvalue weighted by Crippen LogP contribution is 2.23. The fourth-order valence-corrected chi connectivity index (χ4v) is 2.84. The molecule has 128 valence electrons. The highest BCUT2D eigenvalue weighted by atomic mass is 79.9. The standard InChI is InChI=1S/C19H16BrNO4/c1-12-5-6-16-13(10-24-17(16)7-12)8-19(23)25-11-18(22)21-15-4-2-3-14(20)9-15/h2-7,9-10H,8,11H2,1H3,(H,21,22). The summed E-state index contributed by atoms with van der Waals surface area (Å²) in [5.74, 6) is -0.869. The summed E-state index contributed by atoms with van der Waals surface area (Å²) in [6.07, 6.45) is 1.60. The number of aryl methyl sites for hydroxylation is 1. The Hall–Kier alpha value is -2.60. The maximum Gasteiger partial charge on any atom is 0.310 e. The molecule has 0 atom stereocenters. The summed E-state index contributed by atoms with van der Waals surface area (Å²) in [6.45, 7) is 1.64. The van der Waals surface area contributed by atoms with E-state index in [2.05, 4.69) is 21.2 Å². The molecule has 0 aliphatic carbocycles. The van der Waals surface area contributed by atoms with Crippen LogP contribution >= 0.6 is 15.9 Å². The Kier molecular flexibility index (Phi) is 5.19. The first-order valence-electron chi connectivity index (χ1n) is 7.69. The van der Waals surface area contributed by atoms with Gasteiger partial charge in [-0.05, 0) is 36.8 Å². The van der Waals surface area contributed by atoms with Gasteiger partial charge >= 0.3 is 5.97 Å². The van der Waals surface area contributed by atoms with Crippen LogP contribution in [-0.2, 0) is 20.7 Å². The third-order valence-corrected chi connectivity index (χ3v) is 4.11. The van der Waals surface area contributed by atoms with Gasteiger partial charge in [-0.1, -0.05) is 34.1 Å². The van der Waals surface area contributed by atoms with Crippen LogP contribution in [0.2, 0.25) is 0 Å². The molecule has 0 saturated heterocycles. The van der Waals surface area contributed by atoms with Crippen LogP contribution in [-0.4, -0.2) is 18.5 Å². The minimum atomic E-state index is -0.479. The number of ether oxygens (including phenoxy) is 1. The Morgan fingerprint density at radius 3 is 2.84 bits per heavy atom. The average Bonchev–Trinajstić information content (AvgIpc) is 2.95. The van der Waals surface area contributed by atoms with Gasteiger partial charge in [0.1, 0.15) is 5.58 Å². The number of carbonyl (C=O) groups excluding carboxylic acids is 2. The molecule has 0 fully saturated rings. The molecule has 3 aromatic rings. The summed E-state index contributed by atoms with van der Waals surface area (Å²) in [7, 11) is 0. The van der Waals surface area contributed by atoms with Crippen molar-refractivity contribution in [2.45, 2.75) is 13.3 Å². The lowest BCUT2D eigenvalue weighted by Crippen LogP contribution is -2.21. The van der Waals surface area contributed by atoms with Crippen LogP contribution in [0.25, 0.3) is 11.0 Å². The second kappa shape index (κ2) is 7.53. The average molecular weight is 402 g/mol. The number of benzene rings is 2. The van der Waals surface area contributed by atoms with Gasteiger partial charge in [0, 0.05) is 21.1 Å². The topological polar surface area (TPSA) is 68.5 Å². The van der Waals surface area contributed by atoms with Crippen LogP contribution in [0.5, 0.6) is 0 Å². The van der Waals surface area contributed by atoms with Crippen LogP contribution in [0.1, 0.15) is 11.1 Å². The highest BCUT2D eigenvalue weighted by molar-refractivity contribution is 9.10. The maximum atomic E-state index is 12.0. The van der Waals surface area contributed by atoms with Crippen molar-refractivity contribution in [3.63, 3.8) is 0 Å². The highest BCUT2D eigenvalue weighted by Gasteiger charge is 2.13. The number of anilines is 1. The first-order chi connectivity index (χ1) is 12.0. The molecule has 1 amide bonds. The number of halogens is 1. The predicted octanol–water partition coefficient (Wildman–Crippen LogP) is 4.23. The second-order valence-electron chi connectivity index (χ2n) is 5.66. The molecule has 0 unspecified atom stereocenters. The number of hydrogen-bond donors (Lipinski definition) is 1. The van der Waals surface area contributed by atoms with E-state index in [1.165, 1.54) is 0 Å². The molecule has 25 heavy (non-hydrogen) atoms.